The van der Waals surface area contributed by atoms with E-state index in [1.165, 1.54) is 7.11 Å². The third-order valence-corrected chi connectivity index (χ3v) is 4.05. The van der Waals surface area contributed by atoms with E-state index in [1.54, 1.807) is 31.2 Å². The van der Waals surface area contributed by atoms with Crippen molar-refractivity contribution in [2.45, 2.75) is 18.9 Å². The van der Waals surface area contributed by atoms with Gasteiger partial charge in [0.1, 0.15) is 17.8 Å². The summed E-state index contributed by atoms with van der Waals surface area (Å²) in [7, 11) is 1.53. The number of imide groups is 1. The second-order valence-electron chi connectivity index (χ2n) is 5.55. The lowest BCUT2D eigenvalue weighted by Crippen LogP contribution is -2.45. The molecule has 9 heteroatoms. The number of hydrogen-bond acceptors (Lipinski definition) is 5. The normalized spacial score (nSPS) is 19.5. The van der Waals surface area contributed by atoms with Crippen molar-refractivity contribution in [3.63, 3.8) is 0 Å². The molecule has 1 fully saturated rings. The fraction of sp³-hybridized carbons (Fsp3) is 0.375. The van der Waals surface area contributed by atoms with Gasteiger partial charge in [-0.3, -0.25) is 19.3 Å². The number of nitrogens with one attached hydrogen (secondary N) is 2. The molecule has 134 valence electrons. The number of urea groups is 1. The maximum atomic E-state index is 12.8. The Hall–Kier alpha value is -3.10. The lowest BCUT2D eigenvalue weighted by Gasteiger charge is -2.25. The van der Waals surface area contributed by atoms with Crippen molar-refractivity contribution in [3.05, 3.63) is 29.8 Å². The van der Waals surface area contributed by atoms with Crippen molar-refractivity contribution in [2.75, 3.05) is 20.2 Å². The summed E-state index contributed by atoms with van der Waals surface area (Å²) in [5.41, 5.74) is 4.29. The number of nitrogens with zero attached hydrogens (tertiary/aromatic N) is 1. The molecule has 0 bridgehead atoms. The topological polar surface area (TPSA) is 131 Å². The summed E-state index contributed by atoms with van der Waals surface area (Å²) in [4.78, 5) is 48.4. The Labute approximate surface area is 144 Å². The molecule has 0 spiro atoms. The van der Waals surface area contributed by atoms with Crippen LogP contribution >= 0.6 is 0 Å². The molecule has 0 unspecified atom stereocenters. The first-order valence-electron chi connectivity index (χ1n) is 7.67. The molecular formula is C16H20N4O5. The average Bonchev–Trinajstić information content (AvgIpc) is 2.85. The third kappa shape index (κ3) is 3.54. The lowest BCUT2D eigenvalue weighted by atomic mass is 9.87. The van der Waals surface area contributed by atoms with Crippen LogP contribution in [0.4, 0.5) is 4.79 Å². The highest BCUT2D eigenvalue weighted by atomic mass is 16.5. The molecule has 0 aromatic heterocycles. The molecule has 2 rings (SSSR count). The molecule has 1 aromatic carbocycles. The van der Waals surface area contributed by atoms with E-state index in [0.29, 0.717) is 17.7 Å². The molecular weight excluding hydrogens is 328 g/mol. The summed E-state index contributed by atoms with van der Waals surface area (Å²) in [6.45, 7) is 0.912. The number of primary amides is 1. The van der Waals surface area contributed by atoms with E-state index in [9.17, 15) is 19.2 Å². The number of carbonyl (C=O) groups is 4. The zero-order valence-electron chi connectivity index (χ0n) is 14.0. The van der Waals surface area contributed by atoms with E-state index in [4.69, 9.17) is 10.5 Å². The van der Waals surface area contributed by atoms with E-state index in [1.807, 2.05) is 0 Å². The summed E-state index contributed by atoms with van der Waals surface area (Å²) < 4.78 is 5.09. The van der Waals surface area contributed by atoms with Gasteiger partial charge in [-0.2, -0.15) is 0 Å². The standard InChI is InChI=1S/C16H20N4O5/c1-3-16(10-4-6-11(25-2)7-5-10)14(23)20(15(24)19-16)9-13(22)18-8-12(17)21/h4-7H,3,8-9H2,1-2H3,(H2,17,21)(H,18,22)(H,19,24)/t16-/m1/s1. The van der Waals surface area contributed by atoms with Gasteiger partial charge in [0.25, 0.3) is 5.91 Å². The van der Waals surface area contributed by atoms with Gasteiger partial charge in [-0.1, -0.05) is 19.1 Å². The molecule has 4 N–H and O–H groups in total. The molecule has 5 amide bonds. The van der Waals surface area contributed by atoms with Gasteiger partial charge in [0, 0.05) is 0 Å². The van der Waals surface area contributed by atoms with Gasteiger partial charge >= 0.3 is 6.03 Å². The van der Waals surface area contributed by atoms with Crippen LogP contribution in [0.5, 0.6) is 5.75 Å². The zero-order valence-corrected chi connectivity index (χ0v) is 14.0. The Morgan fingerprint density at radius 3 is 2.44 bits per heavy atom. The number of methoxy groups -OCH3 is 1. The van der Waals surface area contributed by atoms with E-state index in [-0.39, 0.29) is 6.54 Å². The van der Waals surface area contributed by atoms with Gasteiger partial charge in [0.15, 0.2) is 0 Å². The number of carbonyl (C=O) groups excluding carboxylic acids is 4. The Kier molecular flexibility index (Phi) is 5.26. The highest BCUT2D eigenvalue weighted by Gasteiger charge is 2.51. The number of hydrogen-bond donors (Lipinski definition) is 3. The molecule has 1 saturated heterocycles. The van der Waals surface area contributed by atoms with Crippen molar-refractivity contribution >= 4 is 23.8 Å². The molecule has 0 radical (unpaired) electrons. The second-order valence-corrected chi connectivity index (χ2v) is 5.55. The van der Waals surface area contributed by atoms with Crippen molar-refractivity contribution in [2.24, 2.45) is 5.73 Å². The fourth-order valence-electron chi connectivity index (χ4n) is 2.67. The molecule has 0 aliphatic carbocycles. The predicted molar refractivity (Wildman–Crippen MR) is 87.4 cm³/mol. The Morgan fingerprint density at radius 1 is 1.28 bits per heavy atom. The largest absolute Gasteiger partial charge is 0.497 e. The molecule has 1 heterocycles. The van der Waals surface area contributed by atoms with Gasteiger partial charge in [-0.05, 0) is 24.1 Å². The first-order valence-corrected chi connectivity index (χ1v) is 7.67. The van der Waals surface area contributed by atoms with Crippen LogP contribution < -0.4 is 21.1 Å². The SMILES string of the molecule is CC[C@]1(c2ccc(OC)cc2)NC(=O)N(CC(=O)NCC(N)=O)C1=O. The minimum atomic E-state index is -1.24. The maximum Gasteiger partial charge on any atom is 0.325 e. The third-order valence-electron chi connectivity index (χ3n) is 4.05. The summed E-state index contributed by atoms with van der Waals surface area (Å²) in [5.74, 6) is -1.27. The molecule has 25 heavy (non-hydrogen) atoms. The number of benzene rings is 1. The summed E-state index contributed by atoms with van der Waals surface area (Å²) in [5, 5.41) is 4.91. The Bertz CT molecular complexity index is 703. The van der Waals surface area contributed by atoms with Crippen molar-refractivity contribution < 1.29 is 23.9 Å². The number of amides is 5. The van der Waals surface area contributed by atoms with E-state index in [0.717, 1.165) is 4.90 Å². The van der Waals surface area contributed by atoms with Gasteiger partial charge < -0.3 is 21.1 Å². The number of nitrogens with two attached hydrogens (primary N) is 1. The summed E-state index contributed by atoms with van der Waals surface area (Å²) in [6.07, 6.45) is 0.309. The Morgan fingerprint density at radius 2 is 1.92 bits per heavy atom. The molecule has 1 aliphatic rings. The Balaban J connectivity index is 2.21. The van der Waals surface area contributed by atoms with Crippen LogP contribution in [0.25, 0.3) is 0 Å². The molecule has 1 aliphatic heterocycles. The van der Waals surface area contributed by atoms with Gasteiger partial charge in [-0.15, -0.1) is 0 Å². The molecule has 0 saturated carbocycles. The quantitative estimate of drug-likeness (QED) is 0.569. The lowest BCUT2D eigenvalue weighted by molar-refractivity contribution is -0.135. The zero-order chi connectivity index (χ0) is 18.6. The van der Waals surface area contributed by atoms with Crippen LogP contribution in [0, 0.1) is 0 Å². The highest BCUT2D eigenvalue weighted by molar-refractivity contribution is 6.09. The van der Waals surface area contributed by atoms with Crippen LogP contribution in [0.2, 0.25) is 0 Å². The summed E-state index contributed by atoms with van der Waals surface area (Å²) in [6, 6.07) is 6.09. The van der Waals surface area contributed by atoms with Crippen molar-refractivity contribution in [3.8, 4) is 5.75 Å². The van der Waals surface area contributed by atoms with E-state index >= 15 is 0 Å². The monoisotopic (exact) mass is 348 g/mol. The minimum Gasteiger partial charge on any atom is -0.497 e. The molecule has 1 atom stereocenters. The van der Waals surface area contributed by atoms with Crippen LogP contribution in [0.1, 0.15) is 18.9 Å². The maximum absolute atomic E-state index is 12.8. The van der Waals surface area contributed by atoms with E-state index in [2.05, 4.69) is 10.6 Å². The minimum absolute atomic E-state index is 0.309. The predicted octanol–water partition coefficient (Wildman–Crippen LogP) is -0.546. The first-order chi connectivity index (χ1) is 11.8. The number of rotatable bonds is 7. The van der Waals surface area contributed by atoms with Crippen molar-refractivity contribution in [1.82, 2.24) is 15.5 Å². The first kappa shape index (κ1) is 18.2. The smallest absolute Gasteiger partial charge is 0.325 e. The van der Waals surface area contributed by atoms with Gasteiger partial charge in [0.05, 0.1) is 13.7 Å². The second kappa shape index (κ2) is 7.20. The van der Waals surface area contributed by atoms with Crippen LogP contribution in [0.15, 0.2) is 24.3 Å². The van der Waals surface area contributed by atoms with Crippen LogP contribution in [-0.2, 0) is 19.9 Å². The van der Waals surface area contributed by atoms with Gasteiger partial charge in [-0.25, -0.2) is 4.79 Å². The summed E-state index contributed by atoms with van der Waals surface area (Å²) >= 11 is 0. The van der Waals surface area contributed by atoms with Gasteiger partial charge in [0.2, 0.25) is 11.8 Å². The molecule has 1 aromatic rings. The van der Waals surface area contributed by atoms with Crippen molar-refractivity contribution in [1.29, 1.82) is 0 Å². The van der Waals surface area contributed by atoms with Crippen LogP contribution in [0.3, 0.4) is 0 Å². The number of ether oxygens (including phenoxy) is 1. The highest BCUT2D eigenvalue weighted by Crippen LogP contribution is 2.33. The fourth-order valence-corrected chi connectivity index (χ4v) is 2.67. The van der Waals surface area contributed by atoms with E-state index < -0.39 is 35.8 Å². The van der Waals surface area contributed by atoms with Crippen LogP contribution in [-0.4, -0.2) is 48.9 Å². The average molecular weight is 348 g/mol. The molecule has 9 nitrogen and oxygen atoms in total.